The SMILES string of the molecule is C=C(C(=O)OC)[C@@H](O)c1ccco1. The summed E-state index contributed by atoms with van der Waals surface area (Å²) in [7, 11) is 1.22. The van der Waals surface area contributed by atoms with Gasteiger partial charge in [-0.05, 0) is 12.1 Å². The molecule has 13 heavy (non-hydrogen) atoms. The van der Waals surface area contributed by atoms with Gasteiger partial charge in [-0.25, -0.2) is 4.79 Å². The molecule has 0 amide bonds. The number of esters is 1. The molecular weight excluding hydrogens is 172 g/mol. The van der Waals surface area contributed by atoms with Crippen molar-refractivity contribution in [1.29, 1.82) is 0 Å². The Kier molecular flexibility index (Phi) is 2.87. The number of aliphatic hydroxyl groups excluding tert-OH is 1. The lowest BCUT2D eigenvalue weighted by Gasteiger charge is -2.08. The number of ether oxygens (including phenoxy) is 1. The van der Waals surface area contributed by atoms with Crippen LogP contribution in [0.5, 0.6) is 0 Å². The summed E-state index contributed by atoms with van der Waals surface area (Å²) in [4.78, 5) is 10.9. The predicted octanol–water partition coefficient (Wildman–Crippen LogP) is 1.04. The quantitative estimate of drug-likeness (QED) is 0.560. The summed E-state index contributed by atoms with van der Waals surface area (Å²) in [5.41, 5.74) is -0.0440. The van der Waals surface area contributed by atoms with Gasteiger partial charge in [-0.3, -0.25) is 0 Å². The van der Waals surface area contributed by atoms with E-state index < -0.39 is 12.1 Å². The number of hydrogen-bond donors (Lipinski definition) is 1. The highest BCUT2D eigenvalue weighted by molar-refractivity contribution is 5.88. The van der Waals surface area contributed by atoms with E-state index in [4.69, 9.17) is 4.42 Å². The molecule has 70 valence electrons. The second kappa shape index (κ2) is 3.91. The Morgan fingerprint density at radius 2 is 2.46 bits per heavy atom. The fourth-order valence-corrected chi connectivity index (χ4v) is 0.861. The lowest BCUT2D eigenvalue weighted by atomic mass is 10.1. The first-order valence-corrected chi connectivity index (χ1v) is 3.65. The summed E-state index contributed by atoms with van der Waals surface area (Å²) in [5.74, 6) is -0.376. The topological polar surface area (TPSA) is 59.7 Å². The predicted molar refractivity (Wildman–Crippen MR) is 44.8 cm³/mol. The lowest BCUT2D eigenvalue weighted by molar-refractivity contribution is -0.137. The molecule has 0 unspecified atom stereocenters. The van der Waals surface area contributed by atoms with Crippen LogP contribution < -0.4 is 0 Å². The largest absolute Gasteiger partial charge is 0.466 e. The van der Waals surface area contributed by atoms with E-state index in [0.717, 1.165) is 0 Å². The highest BCUT2D eigenvalue weighted by Gasteiger charge is 2.20. The van der Waals surface area contributed by atoms with Crippen LogP contribution in [-0.4, -0.2) is 18.2 Å². The van der Waals surface area contributed by atoms with E-state index in [1.54, 1.807) is 12.1 Å². The maximum absolute atomic E-state index is 10.9. The summed E-state index contributed by atoms with van der Waals surface area (Å²) in [6.07, 6.45) is 0.269. The minimum atomic E-state index is -1.14. The molecule has 0 aliphatic carbocycles. The number of carbonyl (C=O) groups excluding carboxylic acids is 1. The number of hydrogen-bond acceptors (Lipinski definition) is 4. The van der Waals surface area contributed by atoms with Crippen molar-refractivity contribution in [3.8, 4) is 0 Å². The van der Waals surface area contributed by atoms with Crippen LogP contribution in [0.15, 0.2) is 35.0 Å². The molecule has 0 saturated heterocycles. The molecule has 0 radical (unpaired) electrons. The zero-order valence-corrected chi connectivity index (χ0v) is 7.19. The molecule has 4 heteroatoms. The first kappa shape index (κ1) is 9.54. The smallest absolute Gasteiger partial charge is 0.336 e. The Morgan fingerprint density at radius 1 is 1.77 bits per heavy atom. The van der Waals surface area contributed by atoms with Crippen molar-refractivity contribution in [2.45, 2.75) is 6.10 Å². The second-order valence-electron chi connectivity index (χ2n) is 2.43. The third kappa shape index (κ3) is 1.97. The standard InChI is InChI=1S/C9H10O4/c1-6(9(11)12-2)8(10)7-4-3-5-13-7/h3-5,8,10H,1H2,2H3/t8-/m1/s1. The molecule has 1 atom stereocenters. The average Bonchev–Trinajstić information content (AvgIpc) is 2.67. The van der Waals surface area contributed by atoms with Crippen LogP contribution in [0.1, 0.15) is 11.9 Å². The molecule has 1 heterocycles. The van der Waals surface area contributed by atoms with Gasteiger partial charge >= 0.3 is 5.97 Å². The Morgan fingerprint density at radius 3 is 2.92 bits per heavy atom. The first-order valence-electron chi connectivity index (χ1n) is 3.65. The molecule has 1 aromatic heterocycles. The Hall–Kier alpha value is -1.55. The summed E-state index contributed by atoms with van der Waals surface area (Å²) in [5, 5.41) is 9.49. The third-order valence-corrected chi connectivity index (χ3v) is 1.59. The van der Waals surface area contributed by atoms with Crippen molar-refractivity contribution in [2.75, 3.05) is 7.11 Å². The maximum Gasteiger partial charge on any atom is 0.336 e. The minimum Gasteiger partial charge on any atom is -0.466 e. The van der Waals surface area contributed by atoms with Crippen LogP contribution in [0, 0.1) is 0 Å². The molecule has 1 aromatic rings. The summed E-state index contributed by atoms with van der Waals surface area (Å²) >= 11 is 0. The molecule has 0 aromatic carbocycles. The van der Waals surface area contributed by atoms with Gasteiger partial charge in [-0.1, -0.05) is 6.58 Å². The van der Waals surface area contributed by atoms with Crippen molar-refractivity contribution in [3.05, 3.63) is 36.3 Å². The van der Waals surface area contributed by atoms with Gasteiger partial charge in [0, 0.05) is 0 Å². The van der Waals surface area contributed by atoms with Gasteiger partial charge in [-0.15, -0.1) is 0 Å². The average molecular weight is 182 g/mol. The molecule has 0 aliphatic heterocycles. The van der Waals surface area contributed by atoms with E-state index >= 15 is 0 Å². The monoisotopic (exact) mass is 182 g/mol. The second-order valence-corrected chi connectivity index (χ2v) is 2.43. The summed E-state index contributed by atoms with van der Waals surface area (Å²) < 4.78 is 9.28. The van der Waals surface area contributed by atoms with Gasteiger partial charge in [0.25, 0.3) is 0 Å². The zero-order valence-electron chi connectivity index (χ0n) is 7.19. The van der Waals surface area contributed by atoms with Crippen molar-refractivity contribution in [1.82, 2.24) is 0 Å². The van der Waals surface area contributed by atoms with Crippen molar-refractivity contribution in [2.24, 2.45) is 0 Å². The third-order valence-electron chi connectivity index (χ3n) is 1.59. The van der Waals surface area contributed by atoms with Crippen LogP contribution in [-0.2, 0) is 9.53 Å². The molecule has 0 fully saturated rings. The number of aliphatic hydroxyl groups is 1. The van der Waals surface area contributed by atoms with E-state index in [1.807, 2.05) is 0 Å². The molecule has 0 spiro atoms. The molecule has 4 nitrogen and oxygen atoms in total. The van der Waals surface area contributed by atoms with Crippen molar-refractivity contribution < 1.29 is 19.1 Å². The fourth-order valence-electron chi connectivity index (χ4n) is 0.861. The normalized spacial score (nSPS) is 12.2. The van der Waals surface area contributed by atoms with Crippen molar-refractivity contribution in [3.63, 3.8) is 0 Å². The number of methoxy groups -OCH3 is 1. The summed E-state index contributed by atoms with van der Waals surface area (Å²) in [6.45, 7) is 3.40. The maximum atomic E-state index is 10.9. The van der Waals surface area contributed by atoms with Gasteiger partial charge in [0.05, 0.1) is 18.9 Å². The first-order chi connectivity index (χ1) is 6.16. The highest BCUT2D eigenvalue weighted by Crippen LogP contribution is 2.20. The minimum absolute atomic E-state index is 0.0440. The summed E-state index contributed by atoms with van der Waals surface area (Å²) in [6, 6.07) is 3.17. The molecule has 0 aliphatic rings. The highest BCUT2D eigenvalue weighted by atomic mass is 16.5. The zero-order chi connectivity index (χ0) is 9.84. The van der Waals surface area contributed by atoms with Gasteiger partial charge in [0.1, 0.15) is 11.9 Å². The number of carbonyl (C=O) groups is 1. The van der Waals surface area contributed by atoms with Crippen LogP contribution in [0.25, 0.3) is 0 Å². The van der Waals surface area contributed by atoms with E-state index in [-0.39, 0.29) is 11.3 Å². The Labute approximate surface area is 75.4 Å². The Bertz CT molecular complexity index is 299. The number of furan rings is 1. The molecule has 0 bridgehead atoms. The van der Waals surface area contributed by atoms with Crippen LogP contribution in [0.2, 0.25) is 0 Å². The number of rotatable bonds is 3. The van der Waals surface area contributed by atoms with Gasteiger partial charge in [-0.2, -0.15) is 0 Å². The van der Waals surface area contributed by atoms with Gasteiger partial charge in [0.15, 0.2) is 0 Å². The lowest BCUT2D eigenvalue weighted by Crippen LogP contribution is -2.11. The van der Waals surface area contributed by atoms with E-state index in [2.05, 4.69) is 11.3 Å². The molecular formula is C9H10O4. The van der Waals surface area contributed by atoms with Crippen LogP contribution in [0.4, 0.5) is 0 Å². The van der Waals surface area contributed by atoms with E-state index in [1.165, 1.54) is 13.4 Å². The molecule has 0 saturated carbocycles. The van der Waals surface area contributed by atoms with E-state index in [0.29, 0.717) is 0 Å². The Balaban J connectivity index is 2.74. The molecule has 1 N–H and O–H groups in total. The van der Waals surface area contributed by atoms with Crippen LogP contribution in [0.3, 0.4) is 0 Å². The fraction of sp³-hybridized carbons (Fsp3) is 0.222. The van der Waals surface area contributed by atoms with E-state index in [9.17, 15) is 9.90 Å². The van der Waals surface area contributed by atoms with Crippen LogP contribution >= 0.6 is 0 Å². The van der Waals surface area contributed by atoms with Crippen molar-refractivity contribution >= 4 is 5.97 Å². The van der Waals surface area contributed by atoms with Gasteiger partial charge in [0.2, 0.25) is 0 Å². The van der Waals surface area contributed by atoms with Gasteiger partial charge < -0.3 is 14.3 Å². The molecule has 1 rings (SSSR count).